The molecule has 18 atom stereocenters. The average Bonchev–Trinajstić information content (AvgIpc) is 3.12. The van der Waals surface area contributed by atoms with Gasteiger partial charge in [0.1, 0.15) is 42.7 Å². The molecule has 56 heavy (non-hydrogen) atoms. The highest BCUT2D eigenvalue weighted by molar-refractivity contribution is 5.76. The van der Waals surface area contributed by atoms with Crippen molar-refractivity contribution in [1.29, 1.82) is 0 Å². The van der Waals surface area contributed by atoms with E-state index in [1.165, 1.54) is 5.57 Å². The number of allylic oxidation sites excluding steroid dienone is 2. The number of rotatable bonds is 7. The Kier molecular flexibility index (Phi) is 10.8. The number of carboxylic acid groups (broad SMARTS) is 2. The standard InChI is InChI=1S/C42H66O14/c1-37(2)14-16-42(36(51)52)17-15-40(6)20(21(42)18-37)8-9-24-39(5)12-11-25(38(3,4)23(39)10-13-41(24,40)7)54-35-32(29(47)28(46)31(55-35)33(49)50)56-34-30(48)27(45)26(44)22(19-43)53-34/h8,21-32,34-35,43-48H,9-19H2,1-7H3,(H,49,50)(H,51,52)/t21-,22+,23-,24+,25-,26+,27-,28-,29-,30+,31-,32+,34-,35+,39-,40+,41+,42-/m0/s1. The van der Waals surface area contributed by atoms with Crippen molar-refractivity contribution in [2.24, 2.45) is 50.2 Å². The molecule has 2 heterocycles. The van der Waals surface area contributed by atoms with Crippen LogP contribution in [-0.4, -0.2) is 127 Å². The number of carbonyl (C=O) groups is 2. The molecular formula is C42H66O14. The normalized spacial score (nSPS) is 52.3. The monoisotopic (exact) mass is 794 g/mol. The number of ether oxygens (including phenoxy) is 4. The molecule has 8 N–H and O–H groups in total. The van der Waals surface area contributed by atoms with E-state index in [0.717, 1.165) is 44.9 Å². The van der Waals surface area contributed by atoms with Crippen LogP contribution in [0.2, 0.25) is 0 Å². The lowest BCUT2D eigenvalue weighted by atomic mass is 9.33. The molecule has 7 rings (SSSR count). The summed E-state index contributed by atoms with van der Waals surface area (Å²) >= 11 is 0. The van der Waals surface area contributed by atoms with E-state index in [1.807, 2.05) is 0 Å². The summed E-state index contributed by atoms with van der Waals surface area (Å²) in [5.41, 5.74) is -0.0913. The largest absolute Gasteiger partial charge is 0.481 e. The van der Waals surface area contributed by atoms with Gasteiger partial charge in [0.15, 0.2) is 18.7 Å². The Morgan fingerprint density at radius 3 is 2.07 bits per heavy atom. The molecule has 0 bridgehead atoms. The van der Waals surface area contributed by atoms with Crippen LogP contribution in [0.15, 0.2) is 11.6 Å². The molecule has 7 aliphatic rings. The minimum Gasteiger partial charge on any atom is -0.481 e. The van der Waals surface area contributed by atoms with Gasteiger partial charge in [0.05, 0.1) is 18.1 Å². The summed E-state index contributed by atoms with van der Waals surface area (Å²) in [5.74, 6) is -1.66. The Morgan fingerprint density at radius 1 is 0.750 bits per heavy atom. The molecular weight excluding hydrogens is 728 g/mol. The number of aliphatic carboxylic acids is 2. The number of fused-ring (bicyclic) bond motifs is 7. The lowest BCUT2D eigenvalue weighted by Crippen LogP contribution is -2.67. The van der Waals surface area contributed by atoms with E-state index >= 15 is 0 Å². The summed E-state index contributed by atoms with van der Waals surface area (Å²) in [5, 5.41) is 83.8. The molecule has 318 valence electrons. The van der Waals surface area contributed by atoms with Crippen molar-refractivity contribution in [3.63, 3.8) is 0 Å². The maximum absolute atomic E-state index is 13.1. The van der Waals surface area contributed by atoms with Crippen LogP contribution in [-0.2, 0) is 28.5 Å². The van der Waals surface area contributed by atoms with E-state index in [0.29, 0.717) is 25.2 Å². The molecule has 4 saturated carbocycles. The first kappa shape index (κ1) is 42.4. The minimum atomic E-state index is -1.94. The third-order valence-corrected chi connectivity index (χ3v) is 17.2. The molecule has 0 aromatic heterocycles. The third-order valence-electron chi connectivity index (χ3n) is 17.2. The van der Waals surface area contributed by atoms with Crippen LogP contribution in [0, 0.1) is 50.2 Å². The first-order valence-corrected chi connectivity index (χ1v) is 20.8. The highest BCUT2D eigenvalue weighted by Gasteiger charge is 2.70. The second-order valence-electron chi connectivity index (χ2n) is 20.7. The van der Waals surface area contributed by atoms with Crippen LogP contribution < -0.4 is 0 Å². The maximum atomic E-state index is 13.1. The van der Waals surface area contributed by atoms with Crippen LogP contribution in [0.1, 0.15) is 113 Å². The SMILES string of the molecule is CC1(C)CC[C@]2(C(=O)O)CC[C@]3(C)C(=CC[C@@H]4[C@@]5(C)CC[C@H](O[C@@H]6O[C@H](C(=O)O)[C@@H](O)[C@H](O)[C@H]6O[C@@H]6O[C@H](CO)[C@@H](O)[C@H](O)[C@H]6O)C(C)(C)[C@@H]5CC[C@]43C)[C@@H]2C1. The Labute approximate surface area is 329 Å². The van der Waals surface area contributed by atoms with Gasteiger partial charge in [0, 0.05) is 0 Å². The first-order chi connectivity index (χ1) is 26.0. The van der Waals surface area contributed by atoms with E-state index in [1.54, 1.807) is 0 Å². The maximum Gasteiger partial charge on any atom is 0.335 e. The van der Waals surface area contributed by atoms with Crippen molar-refractivity contribution in [1.82, 2.24) is 0 Å². The molecule has 0 radical (unpaired) electrons. The van der Waals surface area contributed by atoms with Crippen molar-refractivity contribution in [3.8, 4) is 0 Å². The van der Waals surface area contributed by atoms with Crippen LogP contribution in [0.25, 0.3) is 0 Å². The van der Waals surface area contributed by atoms with Crippen molar-refractivity contribution in [2.45, 2.75) is 180 Å². The van der Waals surface area contributed by atoms with Crippen LogP contribution >= 0.6 is 0 Å². The molecule has 14 heteroatoms. The fraction of sp³-hybridized carbons (Fsp3) is 0.905. The van der Waals surface area contributed by atoms with Crippen molar-refractivity contribution in [3.05, 3.63) is 11.6 Å². The molecule has 14 nitrogen and oxygen atoms in total. The quantitative estimate of drug-likeness (QED) is 0.137. The van der Waals surface area contributed by atoms with E-state index in [9.17, 15) is 50.4 Å². The van der Waals surface area contributed by atoms with Gasteiger partial charge < -0.3 is 59.8 Å². The highest BCUT2D eigenvalue weighted by Crippen LogP contribution is 2.76. The summed E-state index contributed by atoms with van der Waals surface area (Å²) < 4.78 is 23.9. The lowest BCUT2D eigenvalue weighted by molar-refractivity contribution is -0.374. The number of aliphatic hydroxyl groups is 6. The van der Waals surface area contributed by atoms with E-state index < -0.39 is 96.9 Å². The summed E-state index contributed by atoms with van der Waals surface area (Å²) in [6.45, 7) is 15.4. The number of hydrogen-bond acceptors (Lipinski definition) is 12. The number of hydrogen-bond donors (Lipinski definition) is 8. The smallest absolute Gasteiger partial charge is 0.335 e. The number of carboxylic acids is 2. The summed E-state index contributed by atoms with van der Waals surface area (Å²) in [7, 11) is 0. The summed E-state index contributed by atoms with van der Waals surface area (Å²) in [4.78, 5) is 25.2. The van der Waals surface area contributed by atoms with Gasteiger partial charge in [0.2, 0.25) is 0 Å². The Hall–Kier alpha value is -1.72. The van der Waals surface area contributed by atoms with Crippen molar-refractivity contribution >= 4 is 11.9 Å². The molecule has 5 aliphatic carbocycles. The van der Waals surface area contributed by atoms with Gasteiger partial charge in [-0.15, -0.1) is 0 Å². The van der Waals surface area contributed by atoms with Gasteiger partial charge in [-0.3, -0.25) is 4.79 Å². The zero-order valence-corrected chi connectivity index (χ0v) is 34.0. The zero-order chi connectivity index (χ0) is 41.1. The van der Waals surface area contributed by atoms with Gasteiger partial charge >= 0.3 is 11.9 Å². The Morgan fingerprint density at radius 2 is 1.43 bits per heavy atom. The Balaban J connectivity index is 1.16. The molecule has 0 amide bonds. The van der Waals surface area contributed by atoms with Gasteiger partial charge in [-0.1, -0.05) is 60.1 Å². The van der Waals surface area contributed by atoms with Crippen molar-refractivity contribution < 1.29 is 69.4 Å². The third kappa shape index (κ3) is 6.17. The van der Waals surface area contributed by atoms with Crippen LogP contribution in [0.4, 0.5) is 0 Å². The molecule has 0 aromatic carbocycles. The van der Waals surface area contributed by atoms with Crippen LogP contribution in [0.5, 0.6) is 0 Å². The Bertz CT molecular complexity index is 1560. The summed E-state index contributed by atoms with van der Waals surface area (Å²) in [6, 6.07) is 0. The average molecular weight is 795 g/mol. The minimum absolute atomic E-state index is 0.0171. The molecule has 2 aliphatic heterocycles. The first-order valence-electron chi connectivity index (χ1n) is 20.8. The molecule has 0 unspecified atom stereocenters. The van der Waals surface area contributed by atoms with Crippen LogP contribution in [0.3, 0.4) is 0 Å². The number of aliphatic hydroxyl groups excluding tert-OH is 6. The second kappa shape index (κ2) is 14.2. The molecule has 2 saturated heterocycles. The lowest BCUT2D eigenvalue weighted by Gasteiger charge is -2.71. The fourth-order valence-corrected chi connectivity index (χ4v) is 13.6. The molecule has 6 fully saturated rings. The van der Waals surface area contributed by atoms with Gasteiger partial charge in [-0.25, -0.2) is 4.79 Å². The summed E-state index contributed by atoms with van der Waals surface area (Å²) in [6.07, 6.45) is -6.99. The highest BCUT2D eigenvalue weighted by atomic mass is 16.8. The predicted molar refractivity (Wildman–Crippen MR) is 198 cm³/mol. The predicted octanol–water partition coefficient (Wildman–Crippen LogP) is 2.97. The van der Waals surface area contributed by atoms with Gasteiger partial charge in [-0.05, 0) is 109 Å². The van der Waals surface area contributed by atoms with Gasteiger partial charge in [0.25, 0.3) is 0 Å². The van der Waals surface area contributed by atoms with E-state index in [4.69, 9.17) is 18.9 Å². The fourth-order valence-electron chi connectivity index (χ4n) is 13.6. The van der Waals surface area contributed by atoms with Gasteiger partial charge in [-0.2, -0.15) is 0 Å². The molecule has 0 spiro atoms. The molecule has 0 aromatic rings. The topological polar surface area (TPSA) is 233 Å². The zero-order valence-electron chi connectivity index (χ0n) is 34.0. The van der Waals surface area contributed by atoms with Crippen molar-refractivity contribution in [2.75, 3.05) is 6.61 Å². The van der Waals surface area contributed by atoms with E-state index in [2.05, 4.69) is 54.5 Å². The second-order valence-corrected chi connectivity index (χ2v) is 20.7. The van der Waals surface area contributed by atoms with E-state index in [-0.39, 0.29) is 33.5 Å².